The lowest BCUT2D eigenvalue weighted by atomic mass is 10.0. The monoisotopic (exact) mass is 385 g/mol. The van der Waals surface area contributed by atoms with E-state index in [1.165, 1.54) is 19.3 Å². The molecule has 0 amide bonds. The van der Waals surface area contributed by atoms with E-state index in [1.54, 1.807) is 6.21 Å². The minimum Gasteiger partial charge on any atom is -0.455 e. The second-order valence-electron chi connectivity index (χ2n) is 7.16. The van der Waals surface area contributed by atoms with Crippen molar-refractivity contribution >= 4 is 23.7 Å². The van der Waals surface area contributed by atoms with Gasteiger partial charge in [0.15, 0.2) is 5.84 Å². The van der Waals surface area contributed by atoms with E-state index in [2.05, 4.69) is 22.0 Å². The molecule has 27 heavy (non-hydrogen) atoms. The first-order valence-electron chi connectivity index (χ1n) is 9.55. The van der Waals surface area contributed by atoms with Crippen LogP contribution in [0.15, 0.2) is 51.0 Å². The number of oxime groups is 1. The maximum atomic E-state index is 5.93. The summed E-state index contributed by atoms with van der Waals surface area (Å²) in [5, 5.41) is 4.87. The Kier molecular flexibility index (Phi) is 5.60. The Morgan fingerprint density at radius 2 is 1.93 bits per heavy atom. The van der Waals surface area contributed by atoms with Crippen molar-refractivity contribution in [2.45, 2.75) is 44.8 Å². The smallest absolute Gasteiger partial charge is 0.171 e. The molecule has 1 saturated heterocycles. The van der Waals surface area contributed by atoms with Gasteiger partial charge in [-0.1, -0.05) is 23.2 Å². The van der Waals surface area contributed by atoms with Gasteiger partial charge >= 0.3 is 0 Å². The van der Waals surface area contributed by atoms with Gasteiger partial charge in [0.25, 0.3) is 0 Å². The third-order valence-corrected chi connectivity index (χ3v) is 5.53. The quantitative estimate of drug-likeness (QED) is 0.696. The fourth-order valence-electron chi connectivity index (χ4n) is 3.61. The molecular weight excluding hydrogens is 362 g/mol. The second-order valence-corrected chi connectivity index (χ2v) is 7.60. The number of amidine groups is 1. The van der Waals surface area contributed by atoms with Crippen LogP contribution in [0.5, 0.6) is 0 Å². The van der Waals surface area contributed by atoms with Crippen LogP contribution in [0.25, 0.3) is 11.3 Å². The molecule has 1 aromatic heterocycles. The Balaban J connectivity index is 1.34. The van der Waals surface area contributed by atoms with Crippen molar-refractivity contribution in [1.82, 2.24) is 4.90 Å². The normalized spacial score (nSPS) is 22.0. The molecule has 142 valence electrons. The van der Waals surface area contributed by atoms with Crippen molar-refractivity contribution in [2.24, 2.45) is 10.1 Å². The molecule has 2 atom stereocenters. The molecule has 0 N–H and O–H groups in total. The second kappa shape index (κ2) is 8.28. The van der Waals surface area contributed by atoms with Crippen molar-refractivity contribution < 1.29 is 9.25 Å². The molecule has 0 bridgehead atoms. The maximum Gasteiger partial charge on any atom is 0.171 e. The van der Waals surface area contributed by atoms with Crippen molar-refractivity contribution in [1.29, 1.82) is 0 Å². The zero-order valence-corrected chi connectivity index (χ0v) is 16.2. The summed E-state index contributed by atoms with van der Waals surface area (Å²) in [6.07, 6.45) is 6.40. The van der Waals surface area contributed by atoms with Crippen LogP contribution in [0.1, 0.15) is 38.4 Å². The lowest BCUT2D eigenvalue weighted by molar-refractivity contribution is 0.00759. The highest BCUT2D eigenvalue weighted by Gasteiger charge is 2.31. The Morgan fingerprint density at radius 3 is 2.70 bits per heavy atom. The molecule has 0 radical (unpaired) electrons. The van der Waals surface area contributed by atoms with E-state index in [9.17, 15) is 0 Å². The SMILES string of the molecule is CC(C1CC(N=Cc2ccc(-c3ccc(Cl)cc3)o2)=NO1)N1CCCCC1. The van der Waals surface area contributed by atoms with Gasteiger partial charge in [-0.2, -0.15) is 0 Å². The predicted octanol–water partition coefficient (Wildman–Crippen LogP) is 5.00. The molecule has 3 heterocycles. The van der Waals surface area contributed by atoms with Crippen LogP contribution < -0.4 is 0 Å². The van der Waals surface area contributed by atoms with E-state index in [-0.39, 0.29) is 6.10 Å². The molecule has 5 nitrogen and oxygen atoms in total. The number of halogens is 1. The standard InChI is InChI=1S/C21H24ClN3O2/c1-15(25-11-3-2-4-12-25)20-13-21(24-27-20)23-14-18-9-10-19(26-18)16-5-7-17(22)8-6-16/h5-10,14-15,20H,2-4,11-13H2,1H3. The molecule has 2 unspecified atom stereocenters. The number of nitrogens with zero attached hydrogens (tertiary/aromatic N) is 3. The number of likely N-dealkylation sites (tertiary alicyclic amines) is 1. The Morgan fingerprint density at radius 1 is 1.15 bits per heavy atom. The van der Waals surface area contributed by atoms with Crippen molar-refractivity contribution in [3.05, 3.63) is 47.2 Å². The highest BCUT2D eigenvalue weighted by Crippen LogP contribution is 2.24. The summed E-state index contributed by atoms with van der Waals surface area (Å²) < 4.78 is 5.84. The molecule has 0 aliphatic carbocycles. The number of hydrogen-bond donors (Lipinski definition) is 0. The Bertz CT molecular complexity index is 822. The number of benzene rings is 1. The molecule has 2 aromatic rings. The highest BCUT2D eigenvalue weighted by atomic mass is 35.5. The maximum absolute atomic E-state index is 5.93. The highest BCUT2D eigenvalue weighted by molar-refractivity contribution is 6.30. The fourth-order valence-corrected chi connectivity index (χ4v) is 3.73. The first-order valence-corrected chi connectivity index (χ1v) is 9.93. The van der Waals surface area contributed by atoms with Crippen LogP contribution >= 0.6 is 11.6 Å². The number of furan rings is 1. The lowest BCUT2D eigenvalue weighted by Crippen LogP contribution is -2.44. The van der Waals surface area contributed by atoms with Crippen LogP contribution in [0.3, 0.4) is 0 Å². The van der Waals surface area contributed by atoms with Gasteiger partial charge in [0, 0.05) is 16.6 Å². The number of piperidine rings is 1. The van der Waals surface area contributed by atoms with E-state index in [0.29, 0.717) is 22.7 Å². The zero-order valence-electron chi connectivity index (χ0n) is 15.5. The molecule has 1 fully saturated rings. The van der Waals surface area contributed by atoms with Crippen LogP contribution in [-0.2, 0) is 4.84 Å². The molecule has 1 aromatic carbocycles. The van der Waals surface area contributed by atoms with Gasteiger partial charge in [-0.05, 0) is 69.3 Å². The minimum atomic E-state index is 0.0801. The summed E-state index contributed by atoms with van der Waals surface area (Å²) in [6, 6.07) is 11.8. The number of hydrogen-bond acceptors (Lipinski definition) is 5. The van der Waals surface area contributed by atoms with Gasteiger partial charge in [-0.3, -0.25) is 4.90 Å². The van der Waals surface area contributed by atoms with Crippen molar-refractivity contribution in [3.63, 3.8) is 0 Å². The number of aliphatic imine (C=N–C) groups is 1. The Hall–Kier alpha value is -2.11. The van der Waals surface area contributed by atoms with Gasteiger partial charge in [-0.25, -0.2) is 4.99 Å². The van der Waals surface area contributed by atoms with E-state index in [0.717, 1.165) is 30.8 Å². The Labute approximate surface area is 164 Å². The largest absolute Gasteiger partial charge is 0.455 e. The third-order valence-electron chi connectivity index (χ3n) is 5.28. The predicted molar refractivity (Wildman–Crippen MR) is 109 cm³/mol. The van der Waals surface area contributed by atoms with Crippen LogP contribution in [-0.4, -0.2) is 42.2 Å². The molecular formula is C21H24ClN3O2. The van der Waals surface area contributed by atoms with Gasteiger partial charge in [0.05, 0.1) is 12.6 Å². The summed E-state index contributed by atoms with van der Waals surface area (Å²) >= 11 is 5.93. The van der Waals surface area contributed by atoms with E-state index in [1.807, 2.05) is 36.4 Å². The van der Waals surface area contributed by atoms with Gasteiger partial charge in [0.1, 0.15) is 17.6 Å². The molecule has 0 spiro atoms. The number of rotatable bonds is 4. The topological polar surface area (TPSA) is 50.3 Å². The molecule has 6 heteroatoms. The van der Waals surface area contributed by atoms with Crippen LogP contribution in [0.2, 0.25) is 5.02 Å². The molecule has 4 rings (SSSR count). The van der Waals surface area contributed by atoms with Crippen LogP contribution in [0, 0.1) is 0 Å². The van der Waals surface area contributed by atoms with Crippen molar-refractivity contribution in [3.8, 4) is 11.3 Å². The average molecular weight is 386 g/mol. The molecule has 2 aliphatic rings. The minimum absolute atomic E-state index is 0.0801. The summed E-state index contributed by atoms with van der Waals surface area (Å²) in [5.41, 5.74) is 0.982. The van der Waals surface area contributed by atoms with E-state index in [4.69, 9.17) is 20.9 Å². The summed E-state index contributed by atoms with van der Waals surface area (Å²) in [6.45, 7) is 4.53. The zero-order chi connectivity index (χ0) is 18.6. The van der Waals surface area contributed by atoms with E-state index >= 15 is 0 Å². The summed E-state index contributed by atoms with van der Waals surface area (Å²) in [5.74, 6) is 2.19. The third kappa shape index (κ3) is 4.42. The first kappa shape index (κ1) is 18.3. The van der Waals surface area contributed by atoms with Gasteiger partial charge in [-0.15, -0.1) is 0 Å². The van der Waals surface area contributed by atoms with Gasteiger partial charge < -0.3 is 9.25 Å². The average Bonchev–Trinajstić information content (AvgIpc) is 3.37. The van der Waals surface area contributed by atoms with Crippen LogP contribution in [0.4, 0.5) is 0 Å². The van der Waals surface area contributed by atoms with E-state index < -0.39 is 0 Å². The van der Waals surface area contributed by atoms with Crippen molar-refractivity contribution in [2.75, 3.05) is 13.1 Å². The molecule has 2 aliphatic heterocycles. The summed E-state index contributed by atoms with van der Waals surface area (Å²) in [4.78, 5) is 12.6. The van der Waals surface area contributed by atoms with Gasteiger partial charge in [0.2, 0.25) is 0 Å². The first-order chi connectivity index (χ1) is 13.2. The fraction of sp³-hybridized carbons (Fsp3) is 0.429. The summed E-state index contributed by atoms with van der Waals surface area (Å²) in [7, 11) is 0. The molecule has 0 saturated carbocycles. The lowest BCUT2D eigenvalue weighted by Gasteiger charge is -2.34.